The van der Waals surface area contributed by atoms with E-state index in [2.05, 4.69) is 0 Å². The third-order valence-corrected chi connectivity index (χ3v) is 1.09. The maximum atomic E-state index is 8.28. The fourth-order valence-electron chi connectivity index (χ4n) is 0.529. The van der Waals surface area contributed by atoms with Crippen molar-refractivity contribution in [2.75, 3.05) is 13.1 Å². The van der Waals surface area contributed by atoms with E-state index < -0.39 is 0 Å². The summed E-state index contributed by atoms with van der Waals surface area (Å²) in [5, 5.41) is 8.28. The predicted octanol–water partition coefficient (Wildman–Crippen LogP) is 1.78. The molecule has 0 aliphatic rings. The van der Waals surface area contributed by atoms with Gasteiger partial charge in [-0.1, -0.05) is 0 Å². The van der Waals surface area contributed by atoms with Crippen LogP contribution in [0.4, 0.5) is 0 Å². The van der Waals surface area contributed by atoms with Crippen LogP contribution >= 0.6 is 12.4 Å². The third-order valence-electron chi connectivity index (χ3n) is 1.09. The highest BCUT2D eigenvalue weighted by Crippen LogP contribution is 1.84. The van der Waals surface area contributed by atoms with Crippen LogP contribution in [0.25, 0.3) is 0 Å². The van der Waals surface area contributed by atoms with Gasteiger partial charge < -0.3 is 10.0 Å². The van der Waals surface area contributed by atoms with Gasteiger partial charge in [-0.15, -0.1) is 12.4 Å². The zero-order valence-corrected chi connectivity index (χ0v) is 6.69. The molecule has 56 valence electrons. The zero-order valence-electron chi connectivity index (χ0n) is 5.87. The van der Waals surface area contributed by atoms with Crippen molar-refractivity contribution in [3.63, 3.8) is 0 Å². The van der Waals surface area contributed by atoms with Crippen molar-refractivity contribution < 1.29 is 5.11 Å². The van der Waals surface area contributed by atoms with E-state index >= 15 is 0 Å². The van der Waals surface area contributed by atoms with Gasteiger partial charge in [0.1, 0.15) is 0 Å². The van der Waals surface area contributed by atoms with Crippen LogP contribution in [0.1, 0.15) is 13.8 Å². The summed E-state index contributed by atoms with van der Waals surface area (Å²) in [5.41, 5.74) is 0. The number of halogens is 1. The molecule has 0 amide bonds. The Morgan fingerprint density at radius 2 is 1.78 bits per heavy atom. The number of aliphatic hydroxyl groups excluding tert-OH is 1. The molecule has 0 saturated heterocycles. The highest BCUT2D eigenvalue weighted by Gasteiger charge is 1.85. The molecule has 2 nitrogen and oxygen atoms in total. The second-order valence-corrected chi connectivity index (χ2v) is 1.52. The van der Waals surface area contributed by atoms with Gasteiger partial charge in [0, 0.05) is 19.3 Å². The lowest BCUT2D eigenvalue weighted by Crippen LogP contribution is -2.14. The lowest BCUT2D eigenvalue weighted by Gasteiger charge is -2.12. The molecule has 0 atom stereocenters. The molecule has 0 aromatic rings. The fourth-order valence-corrected chi connectivity index (χ4v) is 0.529. The Morgan fingerprint density at radius 1 is 1.33 bits per heavy atom. The number of hydrogen-bond acceptors (Lipinski definition) is 2. The van der Waals surface area contributed by atoms with Gasteiger partial charge in [0.2, 0.25) is 0 Å². The van der Waals surface area contributed by atoms with Gasteiger partial charge in [-0.3, -0.25) is 0 Å². The largest absolute Gasteiger partial charge is 0.514 e. The topological polar surface area (TPSA) is 23.5 Å². The fraction of sp³-hybridized carbons (Fsp3) is 0.667. The summed E-state index contributed by atoms with van der Waals surface area (Å²) in [6.45, 7) is 5.99. The average molecular weight is 152 g/mol. The van der Waals surface area contributed by atoms with Crippen LogP contribution in [0.2, 0.25) is 0 Å². The third kappa shape index (κ3) is 5.50. The molecular weight excluding hydrogens is 138 g/mol. The predicted molar refractivity (Wildman–Crippen MR) is 41.9 cm³/mol. The summed E-state index contributed by atoms with van der Waals surface area (Å²) in [4.78, 5) is 2.00. The van der Waals surface area contributed by atoms with Gasteiger partial charge in [0.15, 0.2) is 0 Å². The minimum absolute atomic E-state index is 0. The van der Waals surface area contributed by atoms with E-state index in [1.54, 1.807) is 6.20 Å². The monoisotopic (exact) mass is 151 g/mol. The molecule has 0 fully saturated rings. The van der Waals surface area contributed by atoms with E-state index in [1.165, 1.54) is 0 Å². The number of aliphatic hydroxyl groups is 1. The Labute approximate surface area is 62.6 Å². The summed E-state index contributed by atoms with van der Waals surface area (Å²) < 4.78 is 0. The number of rotatable bonds is 3. The normalized spacial score (nSPS) is 9.11. The van der Waals surface area contributed by atoms with Gasteiger partial charge in [0.05, 0.1) is 6.26 Å². The molecular formula is C6H14ClNO. The summed E-state index contributed by atoms with van der Waals surface area (Å²) in [7, 11) is 0. The second-order valence-electron chi connectivity index (χ2n) is 1.52. The van der Waals surface area contributed by atoms with Crippen molar-refractivity contribution in [2.45, 2.75) is 13.8 Å². The summed E-state index contributed by atoms with van der Waals surface area (Å²) in [6, 6.07) is 0. The quantitative estimate of drug-likeness (QED) is 0.622. The van der Waals surface area contributed by atoms with Gasteiger partial charge in [0.25, 0.3) is 0 Å². The first-order valence-electron chi connectivity index (χ1n) is 2.90. The van der Waals surface area contributed by atoms with Crippen LogP contribution in [0.15, 0.2) is 12.5 Å². The van der Waals surface area contributed by atoms with Gasteiger partial charge in [-0.25, -0.2) is 0 Å². The van der Waals surface area contributed by atoms with E-state index in [0.29, 0.717) is 0 Å². The van der Waals surface area contributed by atoms with Crippen molar-refractivity contribution in [1.29, 1.82) is 0 Å². The van der Waals surface area contributed by atoms with Crippen molar-refractivity contribution in [2.24, 2.45) is 0 Å². The van der Waals surface area contributed by atoms with Crippen LogP contribution in [-0.2, 0) is 0 Å². The molecule has 0 heterocycles. The Balaban J connectivity index is 0. The second kappa shape index (κ2) is 7.63. The van der Waals surface area contributed by atoms with E-state index in [-0.39, 0.29) is 12.4 Å². The van der Waals surface area contributed by atoms with Crippen LogP contribution < -0.4 is 0 Å². The molecule has 0 radical (unpaired) electrons. The standard InChI is InChI=1S/C6H13NO.ClH/c1-3-7(4-2)5-6-8;/h5-6,8H,3-4H2,1-2H3;1H. The zero-order chi connectivity index (χ0) is 6.41. The van der Waals surface area contributed by atoms with Crippen LogP contribution in [0.3, 0.4) is 0 Å². The van der Waals surface area contributed by atoms with Crippen molar-refractivity contribution >= 4 is 12.4 Å². The molecule has 3 heteroatoms. The number of hydrogen-bond donors (Lipinski definition) is 1. The molecule has 0 aliphatic carbocycles. The van der Waals surface area contributed by atoms with Crippen molar-refractivity contribution in [3.8, 4) is 0 Å². The minimum Gasteiger partial charge on any atom is -0.514 e. The SMILES string of the molecule is CCN(C=CO)CC.Cl. The minimum atomic E-state index is 0. The van der Waals surface area contributed by atoms with Crippen LogP contribution in [-0.4, -0.2) is 23.1 Å². The smallest absolute Gasteiger partial charge is 0.0950 e. The molecule has 0 aliphatic heterocycles. The molecule has 0 spiro atoms. The van der Waals surface area contributed by atoms with Crippen molar-refractivity contribution in [3.05, 3.63) is 12.5 Å². The Morgan fingerprint density at radius 3 is 1.89 bits per heavy atom. The van der Waals surface area contributed by atoms with E-state index in [1.807, 2.05) is 18.7 Å². The highest BCUT2D eigenvalue weighted by atomic mass is 35.5. The molecule has 1 N–H and O–H groups in total. The lowest BCUT2D eigenvalue weighted by molar-refractivity contribution is 0.388. The Bertz CT molecular complexity index is 71.5. The first-order chi connectivity index (χ1) is 3.85. The first kappa shape index (κ1) is 11.4. The molecule has 0 saturated carbocycles. The average Bonchev–Trinajstić information content (AvgIpc) is 1.83. The number of nitrogens with zero attached hydrogens (tertiary/aromatic N) is 1. The lowest BCUT2D eigenvalue weighted by atomic mass is 10.5. The molecule has 0 bridgehead atoms. The Hall–Kier alpha value is -0.370. The molecule has 0 aromatic heterocycles. The van der Waals surface area contributed by atoms with Crippen LogP contribution in [0.5, 0.6) is 0 Å². The summed E-state index contributed by atoms with van der Waals surface area (Å²) in [5.74, 6) is 0. The summed E-state index contributed by atoms with van der Waals surface area (Å²) in [6.07, 6.45) is 2.73. The van der Waals surface area contributed by atoms with Crippen molar-refractivity contribution in [1.82, 2.24) is 4.90 Å². The van der Waals surface area contributed by atoms with Gasteiger partial charge >= 0.3 is 0 Å². The highest BCUT2D eigenvalue weighted by molar-refractivity contribution is 5.85. The molecule has 0 aromatic carbocycles. The van der Waals surface area contributed by atoms with E-state index in [4.69, 9.17) is 5.11 Å². The Kier molecular flexibility index (Phi) is 9.69. The van der Waals surface area contributed by atoms with Crippen LogP contribution in [0, 0.1) is 0 Å². The maximum Gasteiger partial charge on any atom is 0.0950 e. The van der Waals surface area contributed by atoms with Gasteiger partial charge in [-0.05, 0) is 13.8 Å². The molecule has 0 rings (SSSR count). The molecule has 9 heavy (non-hydrogen) atoms. The van der Waals surface area contributed by atoms with Gasteiger partial charge in [-0.2, -0.15) is 0 Å². The van der Waals surface area contributed by atoms with E-state index in [0.717, 1.165) is 19.4 Å². The maximum absolute atomic E-state index is 8.28. The summed E-state index contributed by atoms with van der Waals surface area (Å²) >= 11 is 0. The molecule has 0 unspecified atom stereocenters. The van der Waals surface area contributed by atoms with E-state index in [9.17, 15) is 0 Å². The first-order valence-corrected chi connectivity index (χ1v) is 2.90.